The van der Waals surface area contributed by atoms with Crippen LogP contribution in [0.1, 0.15) is 11.7 Å². The van der Waals surface area contributed by atoms with E-state index in [0.29, 0.717) is 17.4 Å². The van der Waals surface area contributed by atoms with Crippen molar-refractivity contribution in [2.24, 2.45) is 0 Å². The average molecular weight is 407 g/mol. The third-order valence-corrected chi connectivity index (χ3v) is 4.33. The number of furan rings is 1. The van der Waals surface area contributed by atoms with Crippen LogP contribution in [0.2, 0.25) is 0 Å². The fourth-order valence-corrected chi connectivity index (χ4v) is 2.84. The van der Waals surface area contributed by atoms with E-state index in [9.17, 15) is 9.90 Å². The normalized spacial score (nSPS) is 11.7. The van der Waals surface area contributed by atoms with Crippen molar-refractivity contribution in [2.45, 2.75) is 12.1 Å². The monoisotopic (exact) mass is 406 g/mol. The van der Waals surface area contributed by atoms with Crippen molar-refractivity contribution >= 4 is 39.7 Å². The highest BCUT2D eigenvalue weighted by Gasteiger charge is 2.15. The van der Waals surface area contributed by atoms with Gasteiger partial charge < -0.3 is 13.9 Å². The van der Waals surface area contributed by atoms with Gasteiger partial charge in [-0.25, -0.2) is 4.79 Å². The Morgan fingerprint density at radius 3 is 2.54 bits per heavy atom. The second-order valence-electron chi connectivity index (χ2n) is 4.71. The van der Waals surface area contributed by atoms with Gasteiger partial charge in [0.2, 0.25) is 5.89 Å². The molecule has 0 bridgehead atoms. The first-order valence-electron chi connectivity index (χ1n) is 6.80. The van der Waals surface area contributed by atoms with Gasteiger partial charge >= 0.3 is 5.97 Å². The van der Waals surface area contributed by atoms with Crippen molar-refractivity contribution < 1.29 is 18.7 Å². The third-order valence-electron chi connectivity index (χ3n) is 2.94. The summed E-state index contributed by atoms with van der Waals surface area (Å²) in [6.07, 6.45) is 1.43. The van der Waals surface area contributed by atoms with E-state index in [-0.39, 0.29) is 10.1 Å². The van der Waals surface area contributed by atoms with Crippen LogP contribution >= 0.6 is 27.7 Å². The molecule has 3 rings (SSSR count). The van der Waals surface area contributed by atoms with Crippen LogP contribution < -0.4 is 0 Å². The minimum Gasteiger partial charge on any atom is -0.477 e. The van der Waals surface area contributed by atoms with Crippen LogP contribution in [0.5, 0.6) is 0 Å². The number of hydrogen-bond acceptors (Lipinski definition) is 6. The zero-order valence-electron chi connectivity index (χ0n) is 12.4. The number of aromatic nitrogens is 2. The van der Waals surface area contributed by atoms with Gasteiger partial charge in [-0.2, -0.15) is 0 Å². The fraction of sp³-hybridized carbons (Fsp3) is 0.0625. The van der Waals surface area contributed by atoms with E-state index in [1.807, 2.05) is 24.3 Å². The molecule has 24 heavy (non-hydrogen) atoms. The molecule has 0 saturated heterocycles. The van der Waals surface area contributed by atoms with Gasteiger partial charge in [0, 0.05) is 23.0 Å². The zero-order chi connectivity index (χ0) is 17.1. The van der Waals surface area contributed by atoms with Crippen LogP contribution in [-0.2, 0) is 4.79 Å². The van der Waals surface area contributed by atoms with Crippen LogP contribution in [0, 0.1) is 6.92 Å². The highest BCUT2D eigenvalue weighted by atomic mass is 79.9. The summed E-state index contributed by atoms with van der Waals surface area (Å²) < 4.78 is 11.9. The molecule has 0 radical (unpaired) electrons. The van der Waals surface area contributed by atoms with Crippen molar-refractivity contribution in [3.63, 3.8) is 0 Å². The second-order valence-corrected chi connectivity index (χ2v) is 6.62. The lowest BCUT2D eigenvalue weighted by Crippen LogP contribution is -1.96. The first-order valence-corrected chi connectivity index (χ1v) is 8.41. The Bertz CT molecular complexity index is 899. The maximum Gasteiger partial charge on any atom is 0.342 e. The maximum absolute atomic E-state index is 11.4. The molecule has 0 aliphatic carbocycles. The standard InChI is InChI=1S/C16H11BrN2O4S/c1-9-18-19-16(22-9)24-14(15(20)21)8-12-6-7-13(23-12)10-2-4-11(17)5-3-10/h2-8H,1H3,(H,20,21)/b14-8-. The Morgan fingerprint density at radius 1 is 1.17 bits per heavy atom. The third kappa shape index (κ3) is 3.95. The molecule has 0 saturated carbocycles. The number of halogens is 1. The average Bonchev–Trinajstić information content (AvgIpc) is 3.17. The Hall–Kier alpha value is -2.32. The molecule has 0 aliphatic heterocycles. The molecule has 0 amide bonds. The van der Waals surface area contributed by atoms with E-state index >= 15 is 0 Å². The summed E-state index contributed by atoms with van der Waals surface area (Å²) >= 11 is 4.25. The van der Waals surface area contributed by atoms with Crippen LogP contribution in [0.4, 0.5) is 0 Å². The SMILES string of the molecule is Cc1nnc(S/C(=C\c2ccc(-c3ccc(Br)cc3)o2)C(=O)O)o1. The second kappa shape index (κ2) is 7.06. The molecular formula is C16H11BrN2O4S. The Balaban J connectivity index is 1.85. The summed E-state index contributed by atoms with van der Waals surface area (Å²) in [6, 6.07) is 11.1. The number of carbonyl (C=O) groups is 1. The summed E-state index contributed by atoms with van der Waals surface area (Å²) in [5, 5.41) is 16.9. The largest absolute Gasteiger partial charge is 0.477 e. The van der Waals surface area contributed by atoms with E-state index in [4.69, 9.17) is 8.83 Å². The van der Waals surface area contributed by atoms with Gasteiger partial charge in [-0.05, 0) is 36.0 Å². The van der Waals surface area contributed by atoms with E-state index < -0.39 is 5.97 Å². The summed E-state index contributed by atoms with van der Waals surface area (Å²) in [5.41, 5.74) is 0.898. The molecule has 0 aliphatic rings. The lowest BCUT2D eigenvalue weighted by Gasteiger charge is -1.98. The van der Waals surface area contributed by atoms with E-state index in [0.717, 1.165) is 21.8 Å². The lowest BCUT2D eigenvalue weighted by atomic mass is 10.2. The van der Waals surface area contributed by atoms with E-state index in [1.165, 1.54) is 6.08 Å². The number of rotatable bonds is 5. The summed E-state index contributed by atoms with van der Waals surface area (Å²) in [4.78, 5) is 11.4. The molecule has 8 heteroatoms. The predicted molar refractivity (Wildman–Crippen MR) is 92.3 cm³/mol. The van der Waals surface area contributed by atoms with Crippen molar-refractivity contribution in [1.82, 2.24) is 10.2 Å². The smallest absolute Gasteiger partial charge is 0.342 e. The molecule has 1 aromatic carbocycles. The highest BCUT2D eigenvalue weighted by molar-refractivity contribution is 9.10. The number of nitrogens with zero attached hydrogens (tertiary/aromatic N) is 2. The van der Waals surface area contributed by atoms with Gasteiger partial charge in [-0.3, -0.25) is 0 Å². The van der Waals surface area contributed by atoms with Crippen LogP contribution in [0.15, 0.2) is 59.8 Å². The number of benzene rings is 1. The topological polar surface area (TPSA) is 89.4 Å². The molecule has 0 atom stereocenters. The number of aryl methyl sites for hydroxylation is 1. The van der Waals surface area contributed by atoms with Gasteiger partial charge in [0.1, 0.15) is 16.4 Å². The van der Waals surface area contributed by atoms with Crippen molar-refractivity contribution in [3.05, 3.63) is 57.4 Å². The molecule has 1 N–H and O–H groups in total. The Morgan fingerprint density at radius 2 is 1.92 bits per heavy atom. The maximum atomic E-state index is 11.4. The van der Waals surface area contributed by atoms with Crippen LogP contribution in [-0.4, -0.2) is 21.3 Å². The summed E-state index contributed by atoms with van der Waals surface area (Å²) in [6.45, 7) is 1.64. The summed E-state index contributed by atoms with van der Waals surface area (Å²) in [5.74, 6) is 0.349. The first-order chi connectivity index (χ1) is 11.5. The molecule has 2 heterocycles. The van der Waals surface area contributed by atoms with Crippen molar-refractivity contribution in [3.8, 4) is 11.3 Å². The van der Waals surface area contributed by atoms with Crippen molar-refractivity contribution in [1.29, 1.82) is 0 Å². The van der Waals surface area contributed by atoms with E-state index in [1.54, 1.807) is 19.1 Å². The van der Waals surface area contributed by atoms with Crippen LogP contribution in [0.25, 0.3) is 17.4 Å². The Kier molecular flexibility index (Phi) is 4.86. The molecule has 2 aromatic heterocycles. The van der Waals surface area contributed by atoms with Crippen LogP contribution in [0.3, 0.4) is 0 Å². The van der Waals surface area contributed by atoms with Gasteiger partial charge in [0.25, 0.3) is 5.22 Å². The molecule has 6 nitrogen and oxygen atoms in total. The minimum absolute atomic E-state index is 0.0235. The van der Waals surface area contributed by atoms with E-state index in [2.05, 4.69) is 26.1 Å². The highest BCUT2D eigenvalue weighted by Crippen LogP contribution is 2.29. The number of carboxylic acids is 1. The molecule has 0 fully saturated rings. The molecular weight excluding hydrogens is 396 g/mol. The zero-order valence-corrected chi connectivity index (χ0v) is 14.8. The Labute approximate surface area is 149 Å². The first kappa shape index (κ1) is 16.5. The lowest BCUT2D eigenvalue weighted by molar-refractivity contribution is -0.131. The number of hydrogen-bond donors (Lipinski definition) is 1. The molecule has 122 valence electrons. The van der Waals surface area contributed by atoms with Crippen molar-refractivity contribution in [2.75, 3.05) is 0 Å². The number of carboxylic acid groups (broad SMARTS) is 1. The van der Waals surface area contributed by atoms with Gasteiger partial charge in [0.15, 0.2) is 0 Å². The van der Waals surface area contributed by atoms with Gasteiger partial charge in [-0.15, -0.1) is 10.2 Å². The number of aliphatic carboxylic acids is 1. The molecule has 0 spiro atoms. The fourth-order valence-electron chi connectivity index (χ4n) is 1.88. The quantitative estimate of drug-likeness (QED) is 0.488. The van der Waals surface area contributed by atoms with Gasteiger partial charge in [-0.1, -0.05) is 28.1 Å². The summed E-state index contributed by atoms with van der Waals surface area (Å²) in [7, 11) is 0. The minimum atomic E-state index is -1.10. The predicted octanol–water partition coefficient (Wildman–Crippen LogP) is 4.62. The molecule has 3 aromatic rings. The molecule has 0 unspecified atom stereocenters. The van der Waals surface area contributed by atoms with Gasteiger partial charge in [0.05, 0.1) is 0 Å². The number of thioether (sulfide) groups is 1.